The molecule has 4 heteroatoms. The molecule has 0 saturated heterocycles. The van der Waals surface area contributed by atoms with Gasteiger partial charge in [-0.2, -0.15) is 0 Å². The zero-order valence-corrected chi connectivity index (χ0v) is 17.0. The molecule has 2 aliphatic rings. The van der Waals surface area contributed by atoms with E-state index in [1.807, 2.05) is 0 Å². The van der Waals surface area contributed by atoms with Crippen LogP contribution in [0.5, 0.6) is 5.75 Å². The van der Waals surface area contributed by atoms with Gasteiger partial charge in [-0.05, 0) is 78.7 Å². The highest BCUT2D eigenvalue weighted by molar-refractivity contribution is 5.71. The van der Waals surface area contributed by atoms with Crippen LogP contribution >= 0.6 is 0 Å². The van der Waals surface area contributed by atoms with E-state index in [0.29, 0.717) is 35.5 Å². The normalized spacial score (nSPS) is 21.5. The van der Waals surface area contributed by atoms with E-state index < -0.39 is 11.6 Å². The molecular weight excluding hydrogens is 373 g/mol. The number of methoxy groups -OCH3 is 1. The fourth-order valence-electron chi connectivity index (χ4n) is 4.90. The van der Waals surface area contributed by atoms with E-state index in [2.05, 4.69) is 6.92 Å². The Bertz CT molecular complexity index is 940. The average molecular weight is 400 g/mol. The number of halogens is 3. The molecule has 154 valence electrons. The Morgan fingerprint density at radius 1 is 0.931 bits per heavy atom. The molecular formula is C25H27F3O. The molecule has 0 spiro atoms. The molecule has 0 bridgehead atoms. The van der Waals surface area contributed by atoms with Crippen molar-refractivity contribution in [1.82, 2.24) is 0 Å². The first kappa shape index (κ1) is 20.1. The number of allylic oxidation sites excluding steroid dienone is 2. The van der Waals surface area contributed by atoms with Crippen LogP contribution in [0.2, 0.25) is 0 Å². The summed E-state index contributed by atoms with van der Waals surface area (Å²) in [7, 11) is 1.43. The molecule has 1 fully saturated rings. The minimum Gasteiger partial charge on any atom is -0.494 e. The van der Waals surface area contributed by atoms with Gasteiger partial charge in [-0.15, -0.1) is 0 Å². The van der Waals surface area contributed by atoms with Crippen molar-refractivity contribution in [1.29, 1.82) is 0 Å². The predicted molar refractivity (Wildman–Crippen MR) is 110 cm³/mol. The van der Waals surface area contributed by atoms with Gasteiger partial charge in [-0.1, -0.05) is 37.6 Å². The number of hydrogen-bond donors (Lipinski definition) is 0. The second kappa shape index (κ2) is 8.25. The molecule has 2 aromatic rings. The predicted octanol–water partition coefficient (Wildman–Crippen LogP) is 6.98. The number of hydrogen-bond acceptors (Lipinski definition) is 1. The summed E-state index contributed by atoms with van der Waals surface area (Å²) in [5.74, 6) is -0.835. The fourth-order valence-corrected chi connectivity index (χ4v) is 4.90. The Morgan fingerprint density at radius 3 is 2.38 bits per heavy atom. The molecule has 0 heterocycles. The van der Waals surface area contributed by atoms with Gasteiger partial charge in [-0.3, -0.25) is 0 Å². The van der Waals surface area contributed by atoms with Crippen LogP contribution in [-0.2, 0) is 12.8 Å². The van der Waals surface area contributed by atoms with Crippen molar-refractivity contribution in [2.45, 2.75) is 57.8 Å². The fraction of sp³-hybridized carbons (Fsp3) is 0.440. The molecule has 0 aliphatic heterocycles. The summed E-state index contributed by atoms with van der Waals surface area (Å²) in [6.45, 7) is 2.19. The maximum Gasteiger partial charge on any atom is 0.168 e. The highest BCUT2D eigenvalue weighted by atomic mass is 19.2. The molecule has 0 atom stereocenters. The summed E-state index contributed by atoms with van der Waals surface area (Å²) in [4.78, 5) is 0. The summed E-state index contributed by atoms with van der Waals surface area (Å²) < 4.78 is 49.5. The molecule has 0 aromatic heterocycles. The van der Waals surface area contributed by atoms with Crippen LogP contribution in [0.25, 0.3) is 5.57 Å². The Hall–Kier alpha value is -2.23. The largest absolute Gasteiger partial charge is 0.494 e. The SMILES string of the molecule is CCC1CCC(c2ccc(C3=CCc4c(ccc(OC)c4F)C3)c(F)c2F)CC1. The number of rotatable bonds is 4. The van der Waals surface area contributed by atoms with E-state index in [1.165, 1.54) is 7.11 Å². The van der Waals surface area contributed by atoms with Crippen LogP contribution in [0.3, 0.4) is 0 Å². The first-order valence-electron chi connectivity index (χ1n) is 10.5. The van der Waals surface area contributed by atoms with E-state index >= 15 is 4.39 Å². The van der Waals surface area contributed by atoms with Crippen molar-refractivity contribution in [3.8, 4) is 5.75 Å². The van der Waals surface area contributed by atoms with Crippen molar-refractivity contribution in [3.05, 3.63) is 70.0 Å². The highest BCUT2D eigenvalue weighted by Gasteiger charge is 2.27. The third-order valence-electron chi connectivity index (χ3n) is 6.78. The van der Waals surface area contributed by atoms with Gasteiger partial charge in [0.15, 0.2) is 23.2 Å². The summed E-state index contributed by atoms with van der Waals surface area (Å²) in [5, 5.41) is 0. The van der Waals surface area contributed by atoms with Crippen LogP contribution in [0.15, 0.2) is 30.3 Å². The van der Waals surface area contributed by atoms with Gasteiger partial charge >= 0.3 is 0 Å². The van der Waals surface area contributed by atoms with Gasteiger partial charge in [0, 0.05) is 5.56 Å². The Morgan fingerprint density at radius 2 is 1.69 bits per heavy atom. The van der Waals surface area contributed by atoms with E-state index in [4.69, 9.17) is 4.74 Å². The lowest BCUT2D eigenvalue weighted by molar-refractivity contribution is 0.312. The lowest BCUT2D eigenvalue weighted by Gasteiger charge is -2.28. The minimum atomic E-state index is -0.774. The Kier molecular flexibility index (Phi) is 5.71. The quantitative estimate of drug-likeness (QED) is 0.538. The number of fused-ring (bicyclic) bond motifs is 1. The third kappa shape index (κ3) is 3.70. The Balaban J connectivity index is 1.59. The van der Waals surface area contributed by atoms with Gasteiger partial charge in [0.2, 0.25) is 0 Å². The monoisotopic (exact) mass is 400 g/mol. The standard InChI is InChI=1S/C25H27F3O/c1-3-15-4-6-16(7-5-15)19-11-12-21(25(28)24(19)27)17-8-10-20-18(14-17)9-13-22(29-2)23(20)26/h8-9,11-13,15-16H,3-7,10,14H2,1-2H3. The molecule has 0 amide bonds. The van der Waals surface area contributed by atoms with E-state index in [0.717, 1.165) is 37.7 Å². The molecule has 29 heavy (non-hydrogen) atoms. The minimum absolute atomic E-state index is 0.101. The van der Waals surface area contributed by atoms with Gasteiger partial charge in [0.1, 0.15) is 0 Å². The lowest BCUT2D eigenvalue weighted by Crippen LogP contribution is -2.15. The van der Waals surface area contributed by atoms with Crippen LogP contribution in [0.4, 0.5) is 13.2 Å². The van der Waals surface area contributed by atoms with Gasteiger partial charge < -0.3 is 4.74 Å². The van der Waals surface area contributed by atoms with Crippen LogP contribution < -0.4 is 4.74 Å². The van der Waals surface area contributed by atoms with E-state index in [1.54, 1.807) is 30.3 Å². The van der Waals surface area contributed by atoms with Crippen molar-refractivity contribution in [3.63, 3.8) is 0 Å². The van der Waals surface area contributed by atoms with Gasteiger partial charge in [-0.25, -0.2) is 13.2 Å². The molecule has 1 saturated carbocycles. The topological polar surface area (TPSA) is 9.23 Å². The second-order valence-electron chi connectivity index (χ2n) is 8.29. The Labute approximate surface area is 170 Å². The van der Waals surface area contributed by atoms with Gasteiger partial charge in [0.25, 0.3) is 0 Å². The van der Waals surface area contributed by atoms with E-state index in [9.17, 15) is 8.78 Å². The second-order valence-corrected chi connectivity index (χ2v) is 8.29. The molecule has 0 unspecified atom stereocenters. The summed E-state index contributed by atoms with van der Waals surface area (Å²) in [5.41, 5.74) is 2.87. The number of benzene rings is 2. The summed E-state index contributed by atoms with van der Waals surface area (Å²) >= 11 is 0. The number of ether oxygens (including phenoxy) is 1. The molecule has 1 nitrogen and oxygen atoms in total. The average Bonchev–Trinajstić information content (AvgIpc) is 2.76. The van der Waals surface area contributed by atoms with Gasteiger partial charge in [0.05, 0.1) is 7.11 Å². The zero-order valence-electron chi connectivity index (χ0n) is 17.0. The van der Waals surface area contributed by atoms with E-state index in [-0.39, 0.29) is 23.0 Å². The molecule has 0 N–H and O–H groups in total. The lowest BCUT2D eigenvalue weighted by atomic mass is 9.77. The van der Waals surface area contributed by atoms with Crippen LogP contribution in [0.1, 0.15) is 67.2 Å². The van der Waals surface area contributed by atoms with Crippen LogP contribution in [-0.4, -0.2) is 7.11 Å². The van der Waals surface area contributed by atoms with Crippen molar-refractivity contribution in [2.24, 2.45) is 5.92 Å². The van der Waals surface area contributed by atoms with Crippen molar-refractivity contribution in [2.75, 3.05) is 7.11 Å². The smallest absolute Gasteiger partial charge is 0.168 e. The maximum absolute atomic E-state index is 15.0. The summed E-state index contributed by atoms with van der Waals surface area (Å²) in [6.07, 6.45) is 7.70. The maximum atomic E-state index is 15.0. The summed E-state index contributed by atoms with van der Waals surface area (Å²) in [6, 6.07) is 6.86. The van der Waals surface area contributed by atoms with Crippen molar-refractivity contribution >= 4 is 5.57 Å². The molecule has 0 radical (unpaired) electrons. The van der Waals surface area contributed by atoms with Crippen molar-refractivity contribution < 1.29 is 17.9 Å². The van der Waals surface area contributed by atoms with Crippen LogP contribution in [0, 0.1) is 23.4 Å². The third-order valence-corrected chi connectivity index (χ3v) is 6.78. The first-order valence-corrected chi connectivity index (χ1v) is 10.5. The first-order chi connectivity index (χ1) is 14.0. The zero-order chi connectivity index (χ0) is 20.5. The highest BCUT2D eigenvalue weighted by Crippen LogP contribution is 2.40. The molecule has 2 aromatic carbocycles. The molecule has 2 aliphatic carbocycles. The molecule has 4 rings (SSSR count).